The summed E-state index contributed by atoms with van der Waals surface area (Å²) in [4.78, 5) is 12.3. The fraction of sp³-hybridized carbons (Fsp3) is 0.190. The van der Waals surface area contributed by atoms with Crippen molar-refractivity contribution in [1.82, 2.24) is 14.6 Å². The van der Waals surface area contributed by atoms with Crippen LogP contribution in [0.25, 0.3) is 16.6 Å². The van der Waals surface area contributed by atoms with Crippen LogP contribution in [-0.2, 0) is 4.79 Å². The summed E-state index contributed by atoms with van der Waals surface area (Å²) in [6.45, 7) is 6.19. The van der Waals surface area contributed by atoms with E-state index in [0.717, 1.165) is 27.7 Å². The Labute approximate surface area is 179 Å². The molecule has 0 aliphatic carbocycles. The van der Waals surface area contributed by atoms with Crippen LogP contribution < -0.4 is 5.32 Å². The van der Waals surface area contributed by atoms with Crippen molar-refractivity contribution in [2.24, 2.45) is 0 Å². The molecule has 0 unspecified atom stereocenters. The first-order chi connectivity index (χ1) is 13.8. The third-order valence-corrected chi connectivity index (χ3v) is 6.06. The number of carbonyl (C=O) groups is 1. The van der Waals surface area contributed by atoms with Crippen LogP contribution in [0.1, 0.15) is 16.7 Å². The Hall–Kier alpha value is -2.45. The number of aromatic nitrogens is 3. The lowest BCUT2D eigenvalue weighted by atomic mass is 10.0. The quantitative estimate of drug-likeness (QED) is 0.401. The minimum atomic E-state index is -0.488. The average Bonchev–Trinajstić information content (AvgIpc) is 3.05. The molecule has 0 fully saturated rings. The molecule has 0 aliphatic rings. The molecule has 1 N–H and O–H groups in total. The van der Waals surface area contributed by atoms with Crippen molar-refractivity contribution < 1.29 is 9.18 Å². The minimum Gasteiger partial charge on any atom is -0.323 e. The maximum absolute atomic E-state index is 13.9. The van der Waals surface area contributed by atoms with Crippen LogP contribution in [0.4, 0.5) is 10.1 Å². The molecule has 5 nitrogen and oxygen atoms in total. The van der Waals surface area contributed by atoms with Crippen LogP contribution in [0, 0.1) is 26.6 Å². The van der Waals surface area contributed by atoms with E-state index in [4.69, 9.17) is 0 Å². The molecule has 2 heterocycles. The van der Waals surface area contributed by atoms with Gasteiger partial charge in [-0.05, 0) is 62.2 Å². The van der Waals surface area contributed by atoms with Gasteiger partial charge in [-0.3, -0.25) is 9.20 Å². The Kier molecular flexibility index (Phi) is 5.31. The van der Waals surface area contributed by atoms with E-state index in [1.165, 1.54) is 29.5 Å². The van der Waals surface area contributed by atoms with Crippen molar-refractivity contribution in [2.75, 3.05) is 11.1 Å². The van der Waals surface area contributed by atoms with E-state index in [1.807, 2.05) is 10.5 Å². The fourth-order valence-corrected chi connectivity index (χ4v) is 4.49. The van der Waals surface area contributed by atoms with Gasteiger partial charge in [-0.1, -0.05) is 39.3 Å². The molecular weight excluding hydrogens is 455 g/mol. The van der Waals surface area contributed by atoms with Gasteiger partial charge in [-0.15, -0.1) is 10.2 Å². The van der Waals surface area contributed by atoms with Gasteiger partial charge in [0.1, 0.15) is 5.82 Å². The lowest BCUT2D eigenvalue weighted by molar-refractivity contribution is -0.113. The Morgan fingerprint density at radius 3 is 2.69 bits per heavy atom. The van der Waals surface area contributed by atoms with Crippen LogP contribution in [-0.4, -0.2) is 26.3 Å². The number of rotatable bonds is 4. The van der Waals surface area contributed by atoms with E-state index in [0.29, 0.717) is 9.63 Å². The van der Waals surface area contributed by atoms with E-state index < -0.39 is 5.82 Å². The zero-order chi connectivity index (χ0) is 20.7. The molecule has 0 bridgehead atoms. The fourth-order valence-electron chi connectivity index (χ4n) is 3.41. The number of halogens is 2. The van der Waals surface area contributed by atoms with Crippen LogP contribution in [0.2, 0.25) is 0 Å². The van der Waals surface area contributed by atoms with Gasteiger partial charge < -0.3 is 5.32 Å². The summed E-state index contributed by atoms with van der Waals surface area (Å²) >= 11 is 4.47. The molecular formula is C21H18BrFN4OS. The van der Waals surface area contributed by atoms with Crippen molar-refractivity contribution in [3.8, 4) is 0 Å². The average molecular weight is 473 g/mol. The second kappa shape index (κ2) is 7.76. The highest BCUT2D eigenvalue weighted by Gasteiger charge is 2.15. The smallest absolute Gasteiger partial charge is 0.234 e. The number of pyridine rings is 1. The molecule has 2 aromatic carbocycles. The normalized spacial score (nSPS) is 11.3. The van der Waals surface area contributed by atoms with E-state index in [1.54, 1.807) is 6.07 Å². The van der Waals surface area contributed by atoms with Gasteiger partial charge >= 0.3 is 0 Å². The summed E-state index contributed by atoms with van der Waals surface area (Å²) in [5, 5.41) is 12.9. The maximum atomic E-state index is 13.9. The number of amides is 1. The van der Waals surface area contributed by atoms with Gasteiger partial charge in [0.15, 0.2) is 10.8 Å². The van der Waals surface area contributed by atoms with Gasteiger partial charge in [-0.25, -0.2) is 4.39 Å². The van der Waals surface area contributed by atoms with E-state index in [2.05, 4.69) is 64.3 Å². The van der Waals surface area contributed by atoms with Crippen molar-refractivity contribution in [3.05, 3.63) is 63.4 Å². The zero-order valence-electron chi connectivity index (χ0n) is 16.1. The lowest BCUT2D eigenvalue weighted by Gasteiger charge is -2.11. The summed E-state index contributed by atoms with van der Waals surface area (Å²) in [5.74, 6) is -0.702. The monoisotopic (exact) mass is 472 g/mol. The van der Waals surface area contributed by atoms with Crippen molar-refractivity contribution in [3.63, 3.8) is 0 Å². The molecule has 4 aromatic rings. The Bertz CT molecular complexity index is 1270. The topological polar surface area (TPSA) is 59.3 Å². The molecule has 0 aliphatic heterocycles. The Morgan fingerprint density at radius 1 is 1.14 bits per heavy atom. The first-order valence-corrected chi connectivity index (χ1v) is 10.7. The SMILES string of the molecule is Cc1cc(C)c2c(c1)c(C)cc1nnc(SCC(=O)Nc3ccc(Br)cc3F)n12. The Morgan fingerprint density at radius 2 is 1.93 bits per heavy atom. The Balaban J connectivity index is 1.63. The first-order valence-electron chi connectivity index (χ1n) is 8.97. The molecule has 0 saturated heterocycles. The second-order valence-electron chi connectivity index (χ2n) is 6.94. The largest absolute Gasteiger partial charge is 0.323 e. The summed E-state index contributed by atoms with van der Waals surface area (Å²) in [6, 6.07) is 10.8. The van der Waals surface area contributed by atoms with Gasteiger partial charge in [0.05, 0.1) is 17.0 Å². The molecule has 1 amide bonds. The van der Waals surface area contributed by atoms with E-state index in [-0.39, 0.29) is 17.3 Å². The third kappa shape index (κ3) is 3.86. The molecule has 2 aromatic heterocycles. The standard InChI is InChI=1S/C21H18BrFN4OS/c1-11-6-13(3)20-15(7-11)12(2)8-18-25-26-21(27(18)20)29-10-19(28)24-17-5-4-14(22)9-16(17)23/h4-9H,10H2,1-3H3,(H,24,28). The number of benzene rings is 2. The van der Waals surface area contributed by atoms with Crippen LogP contribution >= 0.6 is 27.7 Å². The zero-order valence-corrected chi connectivity index (χ0v) is 18.5. The highest BCUT2D eigenvalue weighted by Crippen LogP contribution is 2.29. The van der Waals surface area contributed by atoms with Gasteiger partial charge in [-0.2, -0.15) is 0 Å². The highest BCUT2D eigenvalue weighted by molar-refractivity contribution is 9.10. The van der Waals surface area contributed by atoms with Gasteiger partial charge in [0.2, 0.25) is 5.91 Å². The van der Waals surface area contributed by atoms with Gasteiger partial charge in [0, 0.05) is 9.86 Å². The predicted octanol–water partition coefficient (Wildman–Crippen LogP) is 5.44. The van der Waals surface area contributed by atoms with E-state index in [9.17, 15) is 9.18 Å². The molecule has 8 heteroatoms. The molecule has 0 spiro atoms. The number of fused-ring (bicyclic) bond motifs is 3. The number of thioether (sulfide) groups is 1. The van der Waals surface area contributed by atoms with Crippen LogP contribution in [0.3, 0.4) is 0 Å². The number of carbonyl (C=O) groups excluding carboxylic acids is 1. The number of nitrogens with zero attached hydrogens (tertiary/aromatic N) is 3. The summed E-state index contributed by atoms with van der Waals surface area (Å²) in [5.41, 5.74) is 5.37. The number of anilines is 1. The minimum absolute atomic E-state index is 0.0938. The molecule has 0 atom stereocenters. The highest BCUT2D eigenvalue weighted by atomic mass is 79.9. The number of hydrogen-bond donors (Lipinski definition) is 1. The number of nitrogens with one attached hydrogen (secondary N) is 1. The third-order valence-electron chi connectivity index (χ3n) is 4.63. The van der Waals surface area contributed by atoms with Crippen molar-refractivity contribution in [2.45, 2.75) is 25.9 Å². The summed E-state index contributed by atoms with van der Waals surface area (Å²) < 4.78 is 16.5. The van der Waals surface area contributed by atoms with Crippen LogP contribution in [0.15, 0.2) is 46.0 Å². The molecule has 29 heavy (non-hydrogen) atoms. The summed E-state index contributed by atoms with van der Waals surface area (Å²) in [7, 11) is 0. The lowest BCUT2D eigenvalue weighted by Crippen LogP contribution is -2.15. The molecule has 0 radical (unpaired) electrons. The number of hydrogen-bond acceptors (Lipinski definition) is 4. The molecule has 4 rings (SSSR count). The summed E-state index contributed by atoms with van der Waals surface area (Å²) in [6.07, 6.45) is 0. The molecule has 148 valence electrons. The van der Waals surface area contributed by atoms with E-state index >= 15 is 0 Å². The second-order valence-corrected chi connectivity index (χ2v) is 8.80. The first kappa shape index (κ1) is 19.8. The van der Waals surface area contributed by atoms with Gasteiger partial charge in [0.25, 0.3) is 0 Å². The predicted molar refractivity (Wildman–Crippen MR) is 118 cm³/mol. The van der Waals surface area contributed by atoms with Crippen molar-refractivity contribution in [1.29, 1.82) is 0 Å². The van der Waals surface area contributed by atoms with Crippen molar-refractivity contribution >= 4 is 55.8 Å². The molecule has 0 saturated carbocycles. The maximum Gasteiger partial charge on any atom is 0.234 e. The number of aryl methyl sites for hydroxylation is 3. The van der Waals surface area contributed by atoms with Crippen LogP contribution in [0.5, 0.6) is 0 Å².